The zero-order valence-electron chi connectivity index (χ0n) is 11.6. The first-order chi connectivity index (χ1) is 8.33. The quantitative estimate of drug-likeness (QED) is 0.654. The summed E-state index contributed by atoms with van der Waals surface area (Å²) in [4.78, 5) is 0. The van der Waals surface area contributed by atoms with Crippen LogP contribution in [0.25, 0.3) is 0 Å². The van der Waals surface area contributed by atoms with Crippen LogP contribution >= 0.6 is 0 Å². The van der Waals surface area contributed by atoms with Crippen molar-refractivity contribution in [1.29, 1.82) is 0 Å². The van der Waals surface area contributed by atoms with Crippen molar-refractivity contribution in [3.8, 4) is 0 Å². The molecule has 1 fully saturated rings. The standard InChI is InChI=1S/C15H29NO/c1-4-6-12-14(16-3)15(17-5-2)13-10-8-7-9-11-13/h4,13-16H,1,5-12H2,2-3H3. The molecule has 0 aromatic heterocycles. The second-order valence-corrected chi connectivity index (χ2v) is 5.08. The molecule has 0 bridgehead atoms. The lowest BCUT2D eigenvalue weighted by Crippen LogP contribution is -2.44. The Morgan fingerprint density at radius 1 is 1.35 bits per heavy atom. The van der Waals surface area contributed by atoms with Gasteiger partial charge < -0.3 is 10.1 Å². The predicted molar refractivity (Wildman–Crippen MR) is 74.3 cm³/mol. The molecule has 0 amide bonds. The second-order valence-electron chi connectivity index (χ2n) is 5.08. The topological polar surface area (TPSA) is 21.3 Å². The maximum absolute atomic E-state index is 6.03. The van der Waals surface area contributed by atoms with Crippen LogP contribution in [0.5, 0.6) is 0 Å². The fraction of sp³-hybridized carbons (Fsp3) is 0.867. The van der Waals surface area contributed by atoms with Crippen LogP contribution in [0.4, 0.5) is 0 Å². The highest BCUT2D eigenvalue weighted by Crippen LogP contribution is 2.30. The summed E-state index contributed by atoms with van der Waals surface area (Å²) in [6.45, 7) is 6.75. The minimum absolute atomic E-state index is 0.394. The zero-order valence-corrected chi connectivity index (χ0v) is 11.6. The van der Waals surface area contributed by atoms with Crippen molar-refractivity contribution in [2.24, 2.45) is 5.92 Å². The largest absolute Gasteiger partial charge is 0.377 e. The third kappa shape index (κ3) is 4.81. The molecule has 2 nitrogen and oxygen atoms in total. The Kier molecular flexibility index (Phi) is 7.54. The van der Waals surface area contributed by atoms with Crippen molar-refractivity contribution in [2.75, 3.05) is 13.7 Å². The van der Waals surface area contributed by atoms with Gasteiger partial charge >= 0.3 is 0 Å². The van der Waals surface area contributed by atoms with Gasteiger partial charge in [0.2, 0.25) is 0 Å². The molecule has 2 heteroatoms. The molecule has 2 unspecified atom stereocenters. The van der Waals surface area contributed by atoms with Gasteiger partial charge in [-0.2, -0.15) is 0 Å². The Morgan fingerprint density at radius 3 is 2.59 bits per heavy atom. The summed E-state index contributed by atoms with van der Waals surface area (Å²) in [5.74, 6) is 0.756. The van der Waals surface area contributed by atoms with Crippen LogP contribution in [0, 0.1) is 5.92 Å². The molecule has 0 saturated heterocycles. The number of rotatable bonds is 8. The summed E-state index contributed by atoms with van der Waals surface area (Å²) >= 11 is 0. The number of ether oxygens (including phenoxy) is 1. The number of nitrogens with one attached hydrogen (secondary N) is 1. The lowest BCUT2D eigenvalue weighted by atomic mass is 9.81. The molecule has 0 aromatic carbocycles. The summed E-state index contributed by atoms with van der Waals surface area (Å²) in [7, 11) is 2.06. The van der Waals surface area contributed by atoms with Crippen LogP contribution in [0.3, 0.4) is 0 Å². The lowest BCUT2D eigenvalue weighted by molar-refractivity contribution is -0.0175. The third-order valence-corrected chi connectivity index (χ3v) is 3.92. The highest BCUT2D eigenvalue weighted by molar-refractivity contribution is 4.86. The van der Waals surface area contributed by atoms with E-state index in [-0.39, 0.29) is 0 Å². The molecule has 1 aliphatic carbocycles. The molecule has 1 N–H and O–H groups in total. The van der Waals surface area contributed by atoms with Crippen LogP contribution in [0.2, 0.25) is 0 Å². The molecule has 17 heavy (non-hydrogen) atoms. The molecule has 1 aliphatic rings. The highest BCUT2D eigenvalue weighted by atomic mass is 16.5. The van der Waals surface area contributed by atoms with Crippen LogP contribution in [-0.2, 0) is 4.74 Å². The summed E-state index contributed by atoms with van der Waals surface area (Å²) in [5, 5.41) is 3.45. The average Bonchev–Trinajstić information content (AvgIpc) is 2.39. The first-order valence-electron chi connectivity index (χ1n) is 7.23. The smallest absolute Gasteiger partial charge is 0.0755 e. The molecule has 0 aromatic rings. The second kappa shape index (κ2) is 8.71. The summed E-state index contributed by atoms with van der Waals surface area (Å²) in [5.41, 5.74) is 0. The Balaban J connectivity index is 2.56. The van der Waals surface area contributed by atoms with Gasteiger partial charge in [0.1, 0.15) is 0 Å². The normalized spacial score (nSPS) is 21.1. The van der Waals surface area contributed by atoms with Crippen molar-refractivity contribution in [3.05, 3.63) is 12.7 Å². The molecule has 0 heterocycles. The minimum atomic E-state index is 0.394. The Labute approximate surface area is 107 Å². The lowest BCUT2D eigenvalue weighted by Gasteiger charge is -2.35. The summed E-state index contributed by atoms with van der Waals surface area (Å²) in [6, 6.07) is 0.482. The van der Waals surface area contributed by atoms with E-state index in [9.17, 15) is 0 Å². The van der Waals surface area contributed by atoms with Gasteiger partial charge in [-0.25, -0.2) is 0 Å². The molecule has 0 aliphatic heterocycles. The summed E-state index contributed by atoms with van der Waals surface area (Å²) in [6.07, 6.45) is 11.5. The van der Waals surface area contributed by atoms with E-state index in [1.807, 2.05) is 6.08 Å². The van der Waals surface area contributed by atoms with Crippen molar-refractivity contribution < 1.29 is 4.74 Å². The molecular weight excluding hydrogens is 210 g/mol. The monoisotopic (exact) mass is 239 g/mol. The highest BCUT2D eigenvalue weighted by Gasteiger charge is 2.29. The predicted octanol–water partition coefficient (Wildman–Crippen LogP) is 3.53. The van der Waals surface area contributed by atoms with Gasteiger partial charge in [0.25, 0.3) is 0 Å². The van der Waals surface area contributed by atoms with Gasteiger partial charge in [-0.3, -0.25) is 0 Å². The van der Waals surface area contributed by atoms with Crippen LogP contribution in [0.15, 0.2) is 12.7 Å². The Bertz CT molecular complexity index is 199. The van der Waals surface area contributed by atoms with E-state index in [0.29, 0.717) is 12.1 Å². The van der Waals surface area contributed by atoms with E-state index in [4.69, 9.17) is 4.74 Å². The number of hydrogen-bond acceptors (Lipinski definition) is 2. The first-order valence-corrected chi connectivity index (χ1v) is 7.23. The number of hydrogen-bond donors (Lipinski definition) is 1. The Hall–Kier alpha value is -0.340. The van der Waals surface area contributed by atoms with Gasteiger partial charge in [0.05, 0.1) is 6.10 Å². The SMILES string of the molecule is C=CCCC(NC)C(OCC)C1CCCCC1. The van der Waals surface area contributed by atoms with E-state index in [1.165, 1.54) is 32.1 Å². The molecule has 0 spiro atoms. The van der Waals surface area contributed by atoms with Crippen LogP contribution in [-0.4, -0.2) is 25.8 Å². The van der Waals surface area contributed by atoms with Crippen molar-refractivity contribution >= 4 is 0 Å². The van der Waals surface area contributed by atoms with Gasteiger partial charge in [-0.15, -0.1) is 6.58 Å². The number of likely N-dealkylation sites (N-methyl/N-ethyl adjacent to an activating group) is 1. The summed E-state index contributed by atoms with van der Waals surface area (Å²) < 4.78 is 6.03. The van der Waals surface area contributed by atoms with E-state index < -0.39 is 0 Å². The Morgan fingerprint density at radius 2 is 2.06 bits per heavy atom. The minimum Gasteiger partial charge on any atom is -0.377 e. The van der Waals surface area contributed by atoms with E-state index in [0.717, 1.165) is 25.4 Å². The maximum Gasteiger partial charge on any atom is 0.0755 e. The van der Waals surface area contributed by atoms with E-state index in [2.05, 4.69) is 25.9 Å². The first kappa shape index (κ1) is 14.7. The van der Waals surface area contributed by atoms with Crippen molar-refractivity contribution in [3.63, 3.8) is 0 Å². The fourth-order valence-corrected chi connectivity index (χ4v) is 3.01. The van der Waals surface area contributed by atoms with E-state index >= 15 is 0 Å². The fourth-order valence-electron chi connectivity index (χ4n) is 3.01. The van der Waals surface area contributed by atoms with Gasteiger partial charge in [0, 0.05) is 12.6 Å². The number of allylic oxidation sites excluding steroid dienone is 1. The molecule has 2 atom stereocenters. The van der Waals surface area contributed by atoms with E-state index in [1.54, 1.807) is 0 Å². The van der Waals surface area contributed by atoms with Gasteiger partial charge in [0.15, 0.2) is 0 Å². The van der Waals surface area contributed by atoms with Crippen LogP contribution in [0.1, 0.15) is 51.9 Å². The van der Waals surface area contributed by atoms with Crippen molar-refractivity contribution in [1.82, 2.24) is 5.32 Å². The van der Waals surface area contributed by atoms with Crippen LogP contribution < -0.4 is 5.32 Å². The third-order valence-electron chi connectivity index (χ3n) is 3.92. The molecule has 1 rings (SSSR count). The maximum atomic E-state index is 6.03. The van der Waals surface area contributed by atoms with Gasteiger partial charge in [-0.1, -0.05) is 25.3 Å². The average molecular weight is 239 g/mol. The van der Waals surface area contributed by atoms with Gasteiger partial charge in [-0.05, 0) is 45.6 Å². The molecule has 1 saturated carbocycles. The van der Waals surface area contributed by atoms with Crippen molar-refractivity contribution in [2.45, 2.75) is 64.0 Å². The molecular formula is C15H29NO. The zero-order chi connectivity index (χ0) is 12.5. The molecule has 0 radical (unpaired) electrons. The molecule has 100 valence electrons.